The molecule has 0 amide bonds. The molecule has 1 N–H and O–H groups in total. The maximum atomic E-state index is 12.5. The van der Waals surface area contributed by atoms with E-state index in [0.29, 0.717) is 11.2 Å². The summed E-state index contributed by atoms with van der Waals surface area (Å²) in [6, 6.07) is 12.8. The molecule has 0 aliphatic heterocycles. The van der Waals surface area contributed by atoms with Gasteiger partial charge in [0, 0.05) is 10.9 Å². The monoisotopic (exact) mass is 376 g/mol. The highest BCUT2D eigenvalue weighted by atomic mass is 16.5. The molecule has 0 aliphatic carbocycles. The van der Waals surface area contributed by atoms with E-state index in [2.05, 4.69) is 10.1 Å². The highest BCUT2D eigenvalue weighted by molar-refractivity contribution is 5.86. The molecule has 0 fully saturated rings. The van der Waals surface area contributed by atoms with E-state index in [-0.39, 0.29) is 28.2 Å². The molecule has 0 spiro atoms. The number of rotatable bonds is 2. The number of aromatic hydroxyl groups is 1. The number of nitrogens with zero attached hydrogens (tertiary/aromatic N) is 2. The molecule has 6 heteroatoms. The summed E-state index contributed by atoms with van der Waals surface area (Å²) in [5, 5.41) is 14.9. The van der Waals surface area contributed by atoms with E-state index in [4.69, 9.17) is 8.94 Å². The molecule has 0 unspecified atom stereocenters. The number of hydrogen-bond acceptors (Lipinski definition) is 6. The molecule has 0 saturated carbocycles. The fourth-order valence-electron chi connectivity index (χ4n) is 3.06. The zero-order valence-electron chi connectivity index (χ0n) is 16.1. The quantitative estimate of drug-likeness (QED) is 0.504. The lowest BCUT2D eigenvalue weighted by Crippen LogP contribution is -2.11. The van der Waals surface area contributed by atoms with Crippen LogP contribution in [0.2, 0.25) is 0 Å². The third kappa shape index (κ3) is 3.07. The van der Waals surface area contributed by atoms with Crippen LogP contribution in [0.1, 0.15) is 31.9 Å². The number of hydrogen-bond donors (Lipinski definition) is 1. The minimum absolute atomic E-state index is 0.0720. The van der Waals surface area contributed by atoms with Crippen molar-refractivity contribution in [3.8, 4) is 28.6 Å². The second kappa shape index (κ2) is 6.34. The summed E-state index contributed by atoms with van der Waals surface area (Å²) in [5.74, 6) is 0.408. The van der Waals surface area contributed by atoms with Crippen molar-refractivity contribution in [3.05, 3.63) is 64.0 Å². The maximum Gasteiger partial charge on any atom is 0.349 e. The van der Waals surface area contributed by atoms with Crippen LogP contribution >= 0.6 is 0 Å². The first kappa shape index (κ1) is 18.0. The van der Waals surface area contributed by atoms with E-state index in [0.717, 1.165) is 16.7 Å². The molecule has 0 radical (unpaired) electrons. The van der Waals surface area contributed by atoms with Gasteiger partial charge in [-0.2, -0.15) is 4.98 Å². The standard InChI is InChI=1S/C22H20N2O4/c1-12-7-5-6-8-15(12)19-23-20(28-24-19)16-10-13-9-14(22(2,3)4)11-17(25)18(13)27-21(16)26/h5-11,25H,1-4H3. The van der Waals surface area contributed by atoms with Gasteiger partial charge in [0.25, 0.3) is 5.89 Å². The molecule has 0 saturated heterocycles. The third-order valence-electron chi connectivity index (χ3n) is 4.72. The number of phenols is 1. The van der Waals surface area contributed by atoms with Crippen molar-refractivity contribution in [3.63, 3.8) is 0 Å². The number of fused-ring (bicyclic) bond motifs is 1. The number of aryl methyl sites for hydroxylation is 1. The highest BCUT2D eigenvalue weighted by Gasteiger charge is 2.21. The van der Waals surface area contributed by atoms with Gasteiger partial charge in [-0.1, -0.05) is 50.2 Å². The van der Waals surface area contributed by atoms with Gasteiger partial charge in [-0.15, -0.1) is 0 Å². The second-order valence-corrected chi connectivity index (χ2v) is 7.85. The van der Waals surface area contributed by atoms with Crippen molar-refractivity contribution in [1.82, 2.24) is 10.1 Å². The van der Waals surface area contributed by atoms with Gasteiger partial charge in [0.05, 0.1) is 0 Å². The summed E-state index contributed by atoms with van der Waals surface area (Å²) in [6.07, 6.45) is 0. The van der Waals surface area contributed by atoms with E-state index < -0.39 is 5.63 Å². The van der Waals surface area contributed by atoms with Crippen molar-refractivity contribution >= 4 is 11.0 Å². The predicted molar refractivity (Wildman–Crippen MR) is 106 cm³/mol. The summed E-state index contributed by atoms with van der Waals surface area (Å²) in [7, 11) is 0. The van der Waals surface area contributed by atoms with E-state index in [1.165, 1.54) is 0 Å². The van der Waals surface area contributed by atoms with Crippen LogP contribution in [0.3, 0.4) is 0 Å². The van der Waals surface area contributed by atoms with Gasteiger partial charge in [-0.25, -0.2) is 4.79 Å². The average molecular weight is 376 g/mol. The van der Waals surface area contributed by atoms with Crippen LogP contribution < -0.4 is 5.63 Å². The Balaban J connectivity index is 1.87. The molecule has 2 heterocycles. The summed E-state index contributed by atoms with van der Waals surface area (Å²) in [4.78, 5) is 16.8. The molecule has 28 heavy (non-hydrogen) atoms. The lowest BCUT2D eigenvalue weighted by atomic mass is 9.86. The minimum Gasteiger partial charge on any atom is -0.504 e. The van der Waals surface area contributed by atoms with E-state index in [1.54, 1.807) is 12.1 Å². The zero-order chi connectivity index (χ0) is 20.1. The first-order chi connectivity index (χ1) is 13.2. The molecule has 142 valence electrons. The van der Waals surface area contributed by atoms with Crippen LogP contribution in [-0.2, 0) is 5.41 Å². The summed E-state index contributed by atoms with van der Waals surface area (Å²) in [5.41, 5.74) is 2.22. The van der Waals surface area contributed by atoms with Crippen LogP contribution in [0.15, 0.2) is 56.2 Å². The molecule has 2 aromatic heterocycles. The first-order valence-electron chi connectivity index (χ1n) is 8.95. The van der Waals surface area contributed by atoms with Crippen LogP contribution in [0.4, 0.5) is 0 Å². The van der Waals surface area contributed by atoms with Crippen molar-refractivity contribution in [2.24, 2.45) is 0 Å². The van der Waals surface area contributed by atoms with Gasteiger partial charge in [-0.05, 0) is 41.7 Å². The zero-order valence-corrected chi connectivity index (χ0v) is 16.1. The van der Waals surface area contributed by atoms with Gasteiger partial charge >= 0.3 is 5.63 Å². The topological polar surface area (TPSA) is 89.4 Å². The fraction of sp³-hybridized carbons (Fsp3) is 0.227. The van der Waals surface area contributed by atoms with E-state index in [9.17, 15) is 9.90 Å². The molecule has 2 aromatic carbocycles. The Hall–Kier alpha value is -3.41. The lowest BCUT2D eigenvalue weighted by molar-refractivity contribution is 0.427. The number of benzene rings is 2. The largest absolute Gasteiger partial charge is 0.504 e. The van der Waals surface area contributed by atoms with Gasteiger partial charge in [0.15, 0.2) is 11.3 Å². The van der Waals surface area contributed by atoms with E-state index in [1.807, 2.05) is 58.0 Å². The Labute approximate surface area is 161 Å². The van der Waals surface area contributed by atoms with Crippen LogP contribution in [0, 0.1) is 6.92 Å². The van der Waals surface area contributed by atoms with Crippen LogP contribution in [-0.4, -0.2) is 15.2 Å². The average Bonchev–Trinajstić information content (AvgIpc) is 3.11. The number of aromatic nitrogens is 2. The van der Waals surface area contributed by atoms with Crippen LogP contribution in [0.25, 0.3) is 33.8 Å². The van der Waals surface area contributed by atoms with Gasteiger partial charge in [0.1, 0.15) is 5.56 Å². The lowest BCUT2D eigenvalue weighted by Gasteiger charge is -2.19. The minimum atomic E-state index is -0.647. The molecule has 0 bridgehead atoms. The molecule has 0 atom stereocenters. The molecule has 0 aliphatic rings. The highest BCUT2D eigenvalue weighted by Crippen LogP contribution is 2.33. The Morgan fingerprint density at radius 3 is 2.50 bits per heavy atom. The van der Waals surface area contributed by atoms with Crippen molar-refractivity contribution in [2.45, 2.75) is 33.1 Å². The van der Waals surface area contributed by atoms with Crippen molar-refractivity contribution in [1.29, 1.82) is 0 Å². The Morgan fingerprint density at radius 1 is 1.04 bits per heavy atom. The molecule has 6 nitrogen and oxygen atoms in total. The molecular weight excluding hydrogens is 356 g/mol. The number of phenolic OH excluding ortho intramolecular Hbond substituents is 1. The third-order valence-corrected chi connectivity index (χ3v) is 4.72. The Morgan fingerprint density at radius 2 is 1.79 bits per heavy atom. The maximum absolute atomic E-state index is 12.5. The Bertz CT molecular complexity index is 1250. The van der Waals surface area contributed by atoms with Crippen LogP contribution in [0.5, 0.6) is 5.75 Å². The second-order valence-electron chi connectivity index (χ2n) is 7.85. The normalized spacial score (nSPS) is 11.9. The van der Waals surface area contributed by atoms with Gasteiger partial charge < -0.3 is 14.0 Å². The van der Waals surface area contributed by atoms with Crippen molar-refractivity contribution < 1.29 is 14.0 Å². The Kier molecular flexibility index (Phi) is 4.07. The smallest absolute Gasteiger partial charge is 0.349 e. The SMILES string of the molecule is Cc1ccccc1-c1noc(-c2cc3cc(C(C)(C)C)cc(O)c3oc2=O)n1. The molecular formula is C22H20N2O4. The molecule has 4 rings (SSSR count). The van der Waals surface area contributed by atoms with E-state index >= 15 is 0 Å². The summed E-state index contributed by atoms with van der Waals surface area (Å²) < 4.78 is 10.7. The summed E-state index contributed by atoms with van der Waals surface area (Å²) in [6.45, 7) is 8.08. The van der Waals surface area contributed by atoms with Crippen molar-refractivity contribution in [2.75, 3.05) is 0 Å². The predicted octanol–water partition coefficient (Wildman–Crippen LogP) is 4.82. The van der Waals surface area contributed by atoms with Gasteiger partial charge in [0.2, 0.25) is 5.82 Å². The summed E-state index contributed by atoms with van der Waals surface area (Å²) >= 11 is 0. The van der Waals surface area contributed by atoms with Gasteiger partial charge in [-0.3, -0.25) is 0 Å². The fourth-order valence-corrected chi connectivity index (χ4v) is 3.06. The first-order valence-corrected chi connectivity index (χ1v) is 8.95. The molecule has 4 aromatic rings.